The molecular formula is C15H24N4O. The molecule has 0 bridgehead atoms. The van der Waals surface area contributed by atoms with Gasteiger partial charge in [-0.15, -0.1) is 0 Å². The van der Waals surface area contributed by atoms with E-state index in [1.807, 2.05) is 6.92 Å². The van der Waals surface area contributed by atoms with Crippen LogP contribution >= 0.6 is 0 Å². The first-order valence-electron chi connectivity index (χ1n) is 7.24. The summed E-state index contributed by atoms with van der Waals surface area (Å²) in [7, 11) is 0. The van der Waals surface area contributed by atoms with Gasteiger partial charge in [-0.25, -0.2) is 4.99 Å². The molecule has 2 saturated heterocycles. The number of allylic oxidation sites excluding steroid dienone is 2. The van der Waals surface area contributed by atoms with Crippen LogP contribution in [0.3, 0.4) is 0 Å². The van der Waals surface area contributed by atoms with Gasteiger partial charge in [-0.1, -0.05) is 6.42 Å². The van der Waals surface area contributed by atoms with E-state index < -0.39 is 0 Å². The van der Waals surface area contributed by atoms with Gasteiger partial charge in [0.1, 0.15) is 0 Å². The third-order valence-corrected chi connectivity index (χ3v) is 4.19. The minimum absolute atomic E-state index is 0.655. The van der Waals surface area contributed by atoms with Gasteiger partial charge in [0.2, 0.25) is 0 Å². The first-order valence-corrected chi connectivity index (χ1v) is 7.24. The lowest BCUT2D eigenvalue weighted by Gasteiger charge is -2.41. The van der Waals surface area contributed by atoms with Gasteiger partial charge in [0.25, 0.3) is 0 Å². The number of piperazine rings is 1. The number of ether oxygens (including phenoxy) is 1. The van der Waals surface area contributed by atoms with E-state index >= 15 is 0 Å². The van der Waals surface area contributed by atoms with Crippen LogP contribution in [0, 0.1) is 12.5 Å². The maximum Gasteiger partial charge on any atom is 0.0700 e. The van der Waals surface area contributed by atoms with Crippen LogP contribution in [0.25, 0.3) is 0 Å². The summed E-state index contributed by atoms with van der Waals surface area (Å²) in [5.41, 5.74) is 7.70. The molecule has 2 heterocycles. The van der Waals surface area contributed by atoms with Crippen molar-refractivity contribution in [2.24, 2.45) is 10.7 Å². The summed E-state index contributed by atoms with van der Waals surface area (Å²) in [6, 6.07) is 2.91. The summed E-state index contributed by atoms with van der Waals surface area (Å²) < 4.78 is 5.43. The summed E-state index contributed by atoms with van der Waals surface area (Å²) in [6.07, 6.45) is 8.97. The highest BCUT2D eigenvalue weighted by Crippen LogP contribution is 2.18. The minimum atomic E-state index is 0.655. The van der Waals surface area contributed by atoms with Crippen molar-refractivity contribution in [1.82, 2.24) is 9.80 Å². The van der Waals surface area contributed by atoms with Gasteiger partial charge in [-0.2, -0.15) is 0 Å². The molecule has 0 atom stereocenters. The molecule has 5 heteroatoms. The van der Waals surface area contributed by atoms with E-state index in [0.29, 0.717) is 11.7 Å². The Kier molecular flexibility index (Phi) is 5.45. The van der Waals surface area contributed by atoms with Crippen LogP contribution in [-0.2, 0) is 4.74 Å². The van der Waals surface area contributed by atoms with E-state index in [4.69, 9.17) is 16.9 Å². The Morgan fingerprint density at radius 1 is 1.30 bits per heavy atom. The number of nitrogens with two attached hydrogens (primary N) is 1. The summed E-state index contributed by atoms with van der Waals surface area (Å²) in [6.45, 7) is 8.02. The molecule has 0 amide bonds. The van der Waals surface area contributed by atoms with Gasteiger partial charge >= 0.3 is 0 Å². The summed E-state index contributed by atoms with van der Waals surface area (Å²) in [5.74, 6) is 0. The number of nitrogens with zero attached hydrogens (tertiary/aromatic N) is 3. The molecule has 0 spiro atoms. The van der Waals surface area contributed by atoms with Crippen molar-refractivity contribution in [2.45, 2.75) is 25.8 Å². The number of rotatable bonds is 3. The Morgan fingerprint density at radius 3 is 2.55 bits per heavy atom. The van der Waals surface area contributed by atoms with Gasteiger partial charge in [-0.3, -0.25) is 4.90 Å². The SMILES string of the molecule is C#CN=C/C(N)=C(\C)N1CCN(C2CCOCC2)CC1. The molecule has 110 valence electrons. The molecule has 2 fully saturated rings. The zero-order chi connectivity index (χ0) is 14.4. The zero-order valence-corrected chi connectivity index (χ0v) is 12.2. The molecule has 0 saturated carbocycles. The predicted molar refractivity (Wildman–Crippen MR) is 81.2 cm³/mol. The van der Waals surface area contributed by atoms with Crippen LogP contribution in [0.5, 0.6) is 0 Å². The molecule has 0 aromatic rings. The number of hydrogen-bond acceptors (Lipinski definition) is 5. The summed E-state index contributed by atoms with van der Waals surface area (Å²) >= 11 is 0. The third kappa shape index (κ3) is 3.75. The van der Waals surface area contributed by atoms with Crippen molar-refractivity contribution in [3.63, 3.8) is 0 Å². The standard InChI is InChI=1S/C15H24N4O/c1-3-17-12-15(16)13(2)18-6-8-19(9-7-18)14-4-10-20-11-5-14/h1,12,14H,4-11,16H2,2H3/b15-13-,17-12?. The largest absolute Gasteiger partial charge is 0.396 e. The van der Waals surface area contributed by atoms with Crippen molar-refractivity contribution >= 4 is 6.21 Å². The molecule has 5 nitrogen and oxygen atoms in total. The lowest BCUT2D eigenvalue weighted by atomic mass is 10.1. The molecule has 0 aromatic heterocycles. The Morgan fingerprint density at radius 2 is 1.95 bits per heavy atom. The Bertz CT molecular complexity index is 410. The molecule has 0 aliphatic carbocycles. The number of terminal acetylenes is 1. The van der Waals surface area contributed by atoms with Crippen molar-refractivity contribution in [3.8, 4) is 12.5 Å². The molecule has 0 aromatic carbocycles. The van der Waals surface area contributed by atoms with E-state index in [9.17, 15) is 0 Å². The van der Waals surface area contributed by atoms with E-state index in [2.05, 4.69) is 20.8 Å². The second kappa shape index (κ2) is 7.32. The van der Waals surface area contributed by atoms with E-state index in [1.165, 1.54) is 0 Å². The second-order valence-electron chi connectivity index (χ2n) is 5.29. The molecule has 2 rings (SSSR count). The van der Waals surface area contributed by atoms with E-state index in [1.54, 1.807) is 6.21 Å². The molecule has 2 aliphatic rings. The van der Waals surface area contributed by atoms with Crippen molar-refractivity contribution in [1.29, 1.82) is 0 Å². The van der Waals surface area contributed by atoms with Gasteiger partial charge in [0.15, 0.2) is 0 Å². The fraction of sp³-hybridized carbons (Fsp3) is 0.667. The number of aliphatic imine (C=N–C) groups is 1. The summed E-state index contributed by atoms with van der Waals surface area (Å²) in [4.78, 5) is 8.64. The molecule has 20 heavy (non-hydrogen) atoms. The van der Waals surface area contributed by atoms with Gasteiger partial charge in [0.05, 0.1) is 11.9 Å². The third-order valence-electron chi connectivity index (χ3n) is 4.19. The van der Waals surface area contributed by atoms with Crippen LogP contribution in [0.1, 0.15) is 19.8 Å². The average molecular weight is 276 g/mol. The number of hydrogen-bond donors (Lipinski definition) is 1. The molecule has 0 unspecified atom stereocenters. The Labute approximate surface area is 121 Å². The topological polar surface area (TPSA) is 54.1 Å². The highest BCUT2D eigenvalue weighted by atomic mass is 16.5. The minimum Gasteiger partial charge on any atom is -0.396 e. The quantitative estimate of drug-likeness (QED) is 0.607. The zero-order valence-electron chi connectivity index (χ0n) is 12.2. The first kappa shape index (κ1) is 14.9. The maximum atomic E-state index is 5.97. The van der Waals surface area contributed by atoms with Crippen LogP contribution < -0.4 is 5.73 Å². The van der Waals surface area contributed by atoms with Gasteiger partial charge in [0, 0.05) is 57.2 Å². The molecular weight excluding hydrogens is 252 g/mol. The lowest BCUT2D eigenvalue weighted by Crippen LogP contribution is -2.51. The maximum absolute atomic E-state index is 5.97. The highest BCUT2D eigenvalue weighted by molar-refractivity contribution is 5.78. The fourth-order valence-electron chi connectivity index (χ4n) is 2.86. The first-order chi connectivity index (χ1) is 9.72. The average Bonchev–Trinajstić information content (AvgIpc) is 2.53. The lowest BCUT2D eigenvalue weighted by molar-refractivity contribution is 0.0182. The van der Waals surface area contributed by atoms with Crippen LogP contribution in [-0.4, -0.2) is 61.4 Å². The van der Waals surface area contributed by atoms with Crippen molar-refractivity contribution < 1.29 is 4.74 Å². The Hall–Kier alpha value is -1.51. The fourth-order valence-corrected chi connectivity index (χ4v) is 2.86. The van der Waals surface area contributed by atoms with Crippen LogP contribution in [0.4, 0.5) is 0 Å². The highest BCUT2D eigenvalue weighted by Gasteiger charge is 2.25. The second-order valence-corrected chi connectivity index (χ2v) is 5.29. The van der Waals surface area contributed by atoms with Crippen molar-refractivity contribution in [2.75, 3.05) is 39.4 Å². The van der Waals surface area contributed by atoms with Crippen LogP contribution in [0.15, 0.2) is 16.4 Å². The van der Waals surface area contributed by atoms with E-state index in [-0.39, 0.29) is 0 Å². The van der Waals surface area contributed by atoms with E-state index in [0.717, 1.165) is 57.9 Å². The Balaban J connectivity index is 1.87. The molecule has 2 N–H and O–H groups in total. The smallest absolute Gasteiger partial charge is 0.0700 e. The van der Waals surface area contributed by atoms with Crippen molar-refractivity contribution in [3.05, 3.63) is 11.4 Å². The van der Waals surface area contributed by atoms with Crippen LogP contribution in [0.2, 0.25) is 0 Å². The summed E-state index contributed by atoms with van der Waals surface area (Å²) in [5, 5.41) is 0. The molecule has 0 radical (unpaired) electrons. The predicted octanol–water partition coefficient (Wildman–Crippen LogP) is 0.635. The molecule has 2 aliphatic heterocycles. The van der Waals surface area contributed by atoms with Gasteiger partial charge < -0.3 is 15.4 Å². The normalized spacial score (nSPS) is 23.7. The monoisotopic (exact) mass is 276 g/mol. The van der Waals surface area contributed by atoms with Gasteiger partial charge in [-0.05, 0) is 19.8 Å².